The summed E-state index contributed by atoms with van der Waals surface area (Å²) in [5.74, 6) is -0.680. The summed E-state index contributed by atoms with van der Waals surface area (Å²) >= 11 is 0. The average Bonchev–Trinajstić information content (AvgIpc) is 2.71. The van der Waals surface area contributed by atoms with Gasteiger partial charge in [0.25, 0.3) is 0 Å². The Balaban J connectivity index is 1.81. The van der Waals surface area contributed by atoms with Gasteiger partial charge < -0.3 is 20.9 Å². The molecule has 0 aliphatic carbocycles. The third kappa shape index (κ3) is 2.38. The summed E-state index contributed by atoms with van der Waals surface area (Å²) in [7, 11) is 0. The number of fused-ring (bicyclic) bond motifs is 2. The number of ether oxygens (including phenoxy) is 1. The molecule has 2 saturated heterocycles. The summed E-state index contributed by atoms with van der Waals surface area (Å²) in [4.78, 5) is 11.2. The molecule has 0 amide bonds. The van der Waals surface area contributed by atoms with Crippen LogP contribution in [-0.4, -0.2) is 29.3 Å². The van der Waals surface area contributed by atoms with E-state index < -0.39 is 5.97 Å². The fourth-order valence-corrected chi connectivity index (χ4v) is 3.12. The van der Waals surface area contributed by atoms with Crippen molar-refractivity contribution in [2.24, 2.45) is 0 Å². The lowest BCUT2D eigenvalue weighted by Crippen LogP contribution is -2.42. The average molecular weight is 262 g/mol. The Kier molecular flexibility index (Phi) is 3.06. The van der Waals surface area contributed by atoms with Crippen LogP contribution in [0, 0.1) is 0 Å². The molecule has 1 aromatic rings. The van der Waals surface area contributed by atoms with Gasteiger partial charge in [-0.05, 0) is 37.8 Å². The van der Waals surface area contributed by atoms with Crippen molar-refractivity contribution in [2.45, 2.75) is 43.9 Å². The van der Waals surface area contributed by atoms with E-state index in [4.69, 9.17) is 10.5 Å². The van der Waals surface area contributed by atoms with Gasteiger partial charge in [0.15, 0.2) is 5.75 Å². The molecular formula is C14H18N2O3. The molecule has 2 bridgehead atoms. The Morgan fingerprint density at radius 2 is 2.00 bits per heavy atom. The normalized spacial score (nSPS) is 29.2. The number of carboxylic acids is 1. The largest absolute Gasteiger partial charge is 0.487 e. The molecule has 0 saturated carbocycles. The van der Waals surface area contributed by atoms with Gasteiger partial charge in [0.1, 0.15) is 11.7 Å². The molecule has 2 aliphatic rings. The van der Waals surface area contributed by atoms with Crippen molar-refractivity contribution >= 4 is 11.7 Å². The zero-order valence-corrected chi connectivity index (χ0v) is 10.6. The Hall–Kier alpha value is -1.75. The van der Waals surface area contributed by atoms with E-state index in [1.807, 2.05) is 0 Å². The lowest BCUT2D eigenvalue weighted by atomic mass is 10.0. The van der Waals surface area contributed by atoms with E-state index in [-0.39, 0.29) is 11.7 Å². The number of para-hydroxylation sites is 1. The fraction of sp³-hybridized carbons (Fsp3) is 0.500. The maximum atomic E-state index is 11.2. The highest BCUT2D eigenvalue weighted by Crippen LogP contribution is 2.33. The van der Waals surface area contributed by atoms with Gasteiger partial charge in [-0.15, -0.1) is 0 Å². The van der Waals surface area contributed by atoms with Gasteiger partial charge in [-0.2, -0.15) is 0 Å². The minimum absolute atomic E-state index is 0.0570. The van der Waals surface area contributed by atoms with Crippen molar-refractivity contribution in [3.05, 3.63) is 23.8 Å². The summed E-state index contributed by atoms with van der Waals surface area (Å²) in [5.41, 5.74) is 6.40. The first-order chi connectivity index (χ1) is 9.13. The number of nitrogens with one attached hydrogen (secondary N) is 1. The van der Waals surface area contributed by atoms with Gasteiger partial charge in [-0.1, -0.05) is 6.07 Å². The summed E-state index contributed by atoms with van der Waals surface area (Å²) < 4.78 is 5.91. The first-order valence-electron chi connectivity index (χ1n) is 6.68. The van der Waals surface area contributed by atoms with Crippen molar-refractivity contribution in [3.63, 3.8) is 0 Å². The molecule has 0 spiro atoms. The maximum absolute atomic E-state index is 11.2. The molecular weight excluding hydrogens is 244 g/mol. The molecule has 3 rings (SSSR count). The topological polar surface area (TPSA) is 84.6 Å². The molecule has 0 aromatic heterocycles. The van der Waals surface area contributed by atoms with E-state index in [0.29, 0.717) is 23.5 Å². The standard InChI is InChI=1S/C14H18N2O3/c15-12-3-1-2-11(14(17)18)13(12)19-10-6-8-4-5-9(7-10)16-8/h1-3,8-10,16H,4-7,15H2,(H,17,18). The predicted octanol–water partition coefficient (Wildman–Crippen LogP) is 1.63. The van der Waals surface area contributed by atoms with Crippen molar-refractivity contribution in [3.8, 4) is 5.75 Å². The molecule has 0 radical (unpaired) electrons. The van der Waals surface area contributed by atoms with Gasteiger partial charge >= 0.3 is 5.97 Å². The molecule has 2 atom stereocenters. The van der Waals surface area contributed by atoms with Crippen LogP contribution in [0.3, 0.4) is 0 Å². The zero-order valence-electron chi connectivity index (χ0n) is 10.6. The summed E-state index contributed by atoms with van der Waals surface area (Å²) in [5, 5.41) is 12.7. The van der Waals surface area contributed by atoms with Gasteiger partial charge in [-0.3, -0.25) is 0 Å². The van der Waals surface area contributed by atoms with E-state index in [1.165, 1.54) is 18.9 Å². The second kappa shape index (κ2) is 4.74. The van der Waals surface area contributed by atoms with E-state index in [2.05, 4.69) is 5.32 Å². The minimum atomic E-state index is -1.00. The number of aromatic carboxylic acids is 1. The highest BCUT2D eigenvalue weighted by atomic mass is 16.5. The number of benzene rings is 1. The number of hydrogen-bond donors (Lipinski definition) is 3. The number of carbonyl (C=O) groups is 1. The smallest absolute Gasteiger partial charge is 0.339 e. The molecule has 1 aromatic carbocycles. The van der Waals surface area contributed by atoms with E-state index in [1.54, 1.807) is 12.1 Å². The van der Waals surface area contributed by atoms with Crippen LogP contribution in [0.1, 0.15) is 36.0 Å². The highest BCUT2D eigenvalue weighted by molar-refractivity contribution is 5.93. The summed E-state index contributed by atoms with van der Waals surface area (Å²) in [6.45, 7) is 0. The van der Waals surface area contributed by atoms with Crippen molar-refractivity contribution in [1.29, 1.82) is 0 Å². The van der Waals surface area contributed by atoms with Crippen LogP contribution in [0.25, 0.3) is 0 Å². The van der Waals surface area contributed by atoms with Gasteiger partial charge in [0, 0.05) is 12.1 Å². The first kappa shape index (κ1) is 12.3. The molecule has 5 nitrogen and oxygen atoms in total. The Morgan fingerprint density at radius 1 is 1.32 bits per heavy atom. The molecule has 2 aliphatic heterocycles. The van der Waals surface area contributed by atoms with Crippen LogP contribution in [-0.2, 0) is 0 Å². The summed E-state index contributed by atoms with van der Waals surface area (Å²) in [6, 6.07) is 5.85. The zero-order chi connectivity index (χ0) is 13.4. The molecule has 2 fully saturated rings. The SMILES string of the molecule is Nc1cccc(C(=O)O)c1OC1CC2CCC(C1)N2. The van der Waals surface area contributed by atoms with Gasteiger partial charge in [0.05, 0.1) is 5.69 Å². The van der Waals surface area contributed by atoms with Crippen molar-refractivity contribution in [1.82, 2.24) is 5.32 Å². The lowest BCUT2D eigenvalue weighted by molar-refractivity contribution is 0.0685. The predicted molar refractivity (Wildman–Crippen MR) is 71.4 cm³/mol. The van der Waals surface area contributed by atoms with Crippen LogP contribution < -0.4 is 15.8 Å². The number of anilines is 1. The minimum Gasteiger partial charge on any atom is -0.487 e. The number of piperidine rings is 1. The van der Waals surface area contributed by atoms with Crippen LogP contribution in [0.5, 0.6) is 5.75 Å². The van der Waals surface area contributed by atoms with Gasteiger partial charge in [0.2, 0.25) is 0 Å². The van der Waals surface area contributed by atoms with Crippen molar-refractivity contribution < 1.29 is 14.6 Å². The second-order valence-electron chi connectivity index (χ2n) is 5.38. The Bertz CT molecular complexity index is 491. The lowest BCUT2D eigenvalue weighted by Gasteiger charge is -2.30. The third-order valence-corrected chi connectivity index (χ3v) is 3.99. The van der Waals surface area contributed by atoms with Crippen molar-refractivity contribution in [2.75, 3.05) is 5.73 Å². The number of nitrogen functional groups attached to an aromatic ring is 1. The summed E-state index contributed by atoms with van der Waals surface area (Å²) in [6.07, 6.45) is 4.26. The number of hydrogen-bond acceptors (Lipinski definition) is 4. The molecule has 102 valence electrons. The first-order valence-corrected chi connectivity index (χ1v) is 6.68. The third-order valence-electron chi connectivity index (χ3n) is 3.99. The highest BCUT2D eigenvalue weighted by Gasteiger charge is 2.35. The van der Waals surface area contributed by atoms with Crippen LogP contribution in [0.2, 0.25) is 0 Å². The quantitative estimate of drug-likeness (QED) is 0.721. The second-order valence-corrected chi connectivity index (χ2v) is 5.38. The molecule has 2 heterocycles. The molecule has 5 heteroatoms. The molecule has 4 N–H and O–H groups in total. The number of carboxylic acid groups (broad SMARTS) is 1. The number of nitrogens with two attached hydrogens (primary N) is 1. The van der Waals surface area contributed by atoms with Gasteiger partial charge in [-0.25, -0.2) is 4.79 Å². The fourth-order valence-electron chi connectivity index (χ4n) is 3.12. The van der Waals surface area contributed by atoms with Crippen LogP contribution in [0.15, 0.2) is 18.2 Å². The monoisotopic (exact) mass is 262 g/mol. The van der Waals surface area contributed by atoms with E-state index in [0.717, 1.165) is 12.8 Å². The Morgan fingerprint density at radius 3 is 2.63 bits per heavy atom. The Labute approximate surface area is 111 Å². The number of rotatable bonds is 3. The van der Waals surface area contributed by atoms with Crippen LogP contribution >= 0.6 is 0 Å². The molecule has 19 heavy (non-hydrogen) atoms. The van der Waals surface area contributed by atoms with E-state index >= 15 is 0 Å². The molecule has 2 unspecified atom stereocenters. The van der Waals surface area contributed by atoms with E-state index in [9.17, 15) is 9.90 Å². The van der Waals surface area contributed by atoms with Crippen LogP contribution in [0.4, 0.5) is 5.69 Å². The maximum Gasteiger partial charge on any atom is 0.339 e.